The van der Waals surface area contributed by atoms with Gasteiger partial charge in [0.05, 0.1) is 0 Å². The zero-order valence-electron chi connectivity index (χ0n) is 13.3. The largest absolute Gasteiger partial charge is 0.379 e. The van der Waals surface area contributed by atoms with Crippen LogP contribution in [0.1, 0.15) is 52.9 Å². The maximum Gasteiger partial charge on any atom is 0.132 e. The van der Waals surface area contributed by atoms with Crippen LogP contribution in [-0.4, -0.2) is 48.7 Å². The Morgan fingerprint density at radius 2 is 1.74 bits per heavy atom. The first-order chi connectivity index (χ1) is 8.82. The summed E-state index contributed by atoms with van der Waals surface area (Å²) in [7, 11) is 4.06. The second-order valence-corrected chi connectivity index (χ2v) is 6.00. The molecule has 3 unspecified atom stereocenters. The fraction of sp³-hybridized carbons (Fsp3) is 0.933. The minimum Gasteiger partial charge on any atom is -0.379 e. The normalized spacial score (nSPS) is 16.4. The molecule has 0 spiro atoms. The maximum absolute atomic E-state index is 11.1. The van der Waals surface area contributed by atoms with Gasteiger partial charge in [-0.15, -0.1) is 0 Å². The van der Waals surface area contributed by atoms with Crippen LogP contribution in [-0.2, 0) is 4.79 Å². The SMILES string of the molecule is CC(=O)C(C)CCCCCC(O)NC(C)CN(C)C. The number of aliphatic hydroxyl groups is 1. The summed E-state index contributed by atoms with van der Waals surface area (Å²) in [5, 5.41) is 13.0. The molecule has 0 fully saturated rings. The fourth-order valence-corrected chi connectivity index (χ4v) is 2.18. The number of Topliss-reactive ketones (excluding diaryl/α,β-unsaturated/α-hetero) is 1. The van der Waals surface area contributed by atoms with Crippen molar-refractivity contribution in [2.24, 2.45) is 5.92 Å². The van der Waals surface area contributed by atoms with E-state index in [1.54, 1.807) is 6.92 Å². The van der Waals surface area contributed by atoms with Crippen LogP contribution in [0.5, 0.6) is 0 Å². The summed E-state index contributed by atoms with van der Waals surface area (Å²) in [5.74, 6) is 0.461. The van der Waals surface area contributed by atoms with Gasteiger partial charge in [0, 0.05) is 18.5 Å². The van der Waals surface area contributed by atoms with Crippen LogP contribution in [0.25, 0.3) is 0 Å². The van der Waals surface area contributed by atoms with Crippen molar-refractivity contribution in [1.82, 2.24) is 10.2 Å². The van der Waals surface area contributed by atoms with Gasteiger partial charge in [0.25, 0.3) is 0 Å². The molecular weight excluding hydrogens is 240 g/mol. The maximum atomic E-state index is 11.1. The molecule has 0 aromatic rings. The third kappa shape index (κ3) is 11.1. The second-order valence-electron chi connectivity index (χ2n) is 6.00. The van der Waals surface area contributed by atoms with Crippen molar-refractivity contribution in [3.05, 3.63) is 0 Å². The predicted molar refractivity (Wildman–Crippen MR) is 80.1 cm³/mol. The number of rotatable bonds is 11. The van der Waals surface area contributed by atoms with Gasteiger partial charge in [0.1, 0.15) is 12.0 Å². The zero-order chi connectivity index (χ0) is 14.8. The van der Waals surface area contributed by atoms with Gasteiger partial charge in [-0.3, -0.25) is 10.1 Å². The summed E-state index contributed by atoms with van der Waals surface area (Å²) in [6.45, 7) is 6.65. The Balaban J connectivity index is 3.53. The standard InChI is InChI=1S/C15H32N2O2/c1-12(14(3)18)9-7-6-8-10-15(19)16-13(2)11-17(4)5/h12-13,15-16,19H,6-11H2,1-5H3. The zero-order valence-corrected chi connectivity index (χ0v) is 13.3. The third-order valence-electron chi connectivity index (χ3n) is 3.42. The number of hydrogen-bond donors (Lipinski definition) is 2. The highest BCUT2D eigenvalue weighted by molar-refractivity contribution is 5.77. The quantitative estimate of drug-likeness (QED) is 0.446. The Kier molecular flexibility index (Phi) is 10.1. The molecule has 0 heterocycles. The molecule has 3 atom stereocenters. The summed E-state index contributed by atoms with van der Waals surface area (Å²) in [6.07, 6.45) is 4.49. The average molecular weight is 272 g/mol. The Morgan fingerprint density at radius 3 is 2.26 bits per heavy atom. The summed E-state index contributed by atoms with van der Waals surface area (Å²) in [4.78, 5) is 13.2. The summed E-state index contributed by atoms with van der Waals surface area (Å²) in [6, 6.07) is 0.294. The van der Waals surface area contributed by atoms with E-state index in [2.05, 4.69) is 17.1 Å². The molecule has 0 aliphatic rings. The lowest BCUT2D eigenvalue weighted by molar-refractivity contribution is -0.120. The molecule has 0 saturated heterocycles. The molecule has 0 aliphatic carbocycles. The van der Waals surface area contributed by atoms with Gasteiger partial charge in [0.15, 0.2) is 0 Å². The van der Waals surface area contributed by atoms with E-state index in [0.29, 0.717) is 6.04 Å². The number of unbranched alkanes of at least 4 members (excludes halogenated alkanes) is 2. The van der Waals surface area contributed by atoms with Crippen LogP contribution in [0.15, 0.2) is 0 Å². The van der Waals surface area contributed by atoms with E-state index < -0.39 is 6.23 Å². The van der Waals surface area contributed by atoms with Gasteiger partial charge in [0.2, 0.25) is 0 Å². The highest BCUT2D eigenvalue weighted by Crippen LogP contribution is 2.11. The van der Waals surface area contributed by atoms with E-state index >= 15 is 0 Å². The van der Waals surface area contributed by atoms with Gasteiger partial charge in [-0.2, -0.15) is 0 Å². The molecule has 0 aliphatic heterocycles. The van der Waals surface area contributed by atoms with Gasteiger partial charge in [-0.1, -0.05) is 19.8 Å². The van der Waals surface area contributed by atoms with Crippen molar-refractivity contribution in [2.45, 2.75) is 65.1 Å². The van der Waals surface area contributed by atoms with Crippen molar-refractivity contribution in [3.63, 3.8) is 0 Å². The first kappa shape index (κ1) is 18.6. The Hall–Kier alpha value is -0.450. The molecule has 4 nitrogen and oxygen atoms in total. The van der Waals surface area contributed by atoms with Crippen LogP contribution in [0, 0.1) is 5.92 Å². The lowest BCUT2D eigenvalue weighted by Crippen LogP contribution is -2.42. The molecule has 0 rings (SSSR count). The van der Waals surface area contributed by atoms with E-state index in [0.717, 1.165) is 38.6 Å². The van der Waals surface area contributed by atoms with Gasteiger partial charge >= 0.3 is 0 Å². The molecule has 0 aromatic carbocycles. The number of carbonyl (C=O) groups excluding carboxylic acids is 1. The summed E-state index contributed by atoms with van der Waals surface area (Å²) >= 11 is 0. The number of carbonyl (C=O) groups is 1. The smallest absolute Gasteiger partial charge is 0.132 e. The molecule has 0 radical (unpaired) electrons. The van der Waals surface area contributed by atoms with Crippen LogP contribution in [0.3, 0.4) is 0 Å². The number of aliphatic hydroxyl groups excluding tert-OH is 1. The van der Waals surface area contributed by atoms with Crippen molar-refractivity contribution in [2.75, 3.05) is 20.6 Å². The number of likely N-dealkylation sites (N-methyl/N-ethyl adjacent to an activating group) is 1. The topological polar surface area (TPSA) is 52.6 Å². The van der Waals surface area contributed by atoms with Crippen LogP contribution in [0.2, 0.25) is 0 Å². The molecule has 114 valence electrons. The molecule has 0 bridgehead atoms. The van der Waals surface area contributed by atoms with Crippen LogP contribution in [0.4, 0.5) is 0 Å². The number of nitrogens with one attached hydrogen (secondary N) is 1. The van der Waals surface area contributed by atoms with Crippen molar-refractivity contribution in [3.8, 4) is 0 Å². The second kappa shape index (κ2) is 10.4. The van der Waals surface area contributed by atoms with Gasteiger partial charge in [-0.25, -0.2) is 0 Å². The molecule has 0 saturated carbocycles. The lowest BCUT2D eigenvalue weighted by atomic mass is 9.99. The van der Waals surface area contributed by atoms with E-state index in [1.165, 1.54) is 0 Å². The monoisotopic (exact) mass is 272 g/mol. The summed E-state index contributed by atoms with van der Waals surface area (Å²) in [5.41, 5.74) is 0. The number of ketones is 1. The van der Waals surface area contributed by atoms with Crippen molar-refractivity contribution in [1.29, 1.82) is 0 Å². The van der Waals surface area contributed by atoms with E-state index in [9.17, 15) is 9.90 Å². The predicted octanol–water partition coefficient (Wildman–Crippen LogP) is 2.02. The average Bonchev–Trinajstić information content (AvgIpc) is 2.26. The fourth-order valence-electron chi connectivity index (χ4n) is 2.18. The van der Waals surface area contributed by atoms with Gasteiger partial charge in [-0.05, 0) is 47.2 Å². The van der Waals surface area contributed by atoms with E-state index in [4.69, 9.17) is 0 Å². The van der Waals surface area contributed by atoms with Crippen LogP contribution < -0.4 is 5.32 Å². The molecule has 19 heavy (non-hydrogen) atoms. The van der Waals surface area contributed by atoms with Crippen molar-refractivity contribution < 1.29 is 9.90 Å². The highest BCUT2D eigenvalue weighted by atomic mass is 16.3. The van der Waals surface area contributed by atoms with Crippen molar-refractivity contribution >= 4 is 5.78 Å². The molecule has 4 heteroatoms. The van der Waals surface area contributed by atoms with Gasteiger partial charge < -0.3 is 10.0 Å². The Morgan fingerprint density at radius 1 is 1.16 bits per heavy atom. The first-order valence-electron chi connectivity index (χ1n) is 7.42. The molecule has 2 N–H and O–H groups in total. The Labute approximate surface area is 118 Å². The lowest BCUT2D eigenvalue weighted by Gasteiger charge is -2.22. The third-order valence-corrected chi connectivity index (χ3v) is 3.42. The minimum absolute atomic E-state index is 0.183. The highest BCUT2D eigenvalue weighted by Gasteiger charge is 2.10. The molecule has 0 amide bonds. The van der Waals surface area contributed by atoms with E-state index in [1.807, 2.05) is 21.0 Å². The Bertz CT molecular complexity index is 244. The minimum atomic E-state index is -0.416. The van der Waals surface area contributed by atoms with Crippen LogP contribution >= 0.6 is 0 Å². The molecule has 0 aromatic heterocycles. The first-order valence-corrected chi connectivity index (χ1v) is 7.42. The van der Waals surface area contributed by atoms with E-state index in [-0.39, 0.29) is 11.7 Å². The summed E-state index contributed by atoms with van der Waals surface area (Å²) < 4.78 is 0. The molecular formula is C15H32N2O2. The number of nitrogens with zero attached hydrogens (tertiary/aromatic N) is 1. The number of hydrogen-bond acceptors (Lipinski definition) is 4.